The van der Waals surface area contributed by atoms with E-state index in [1.54, 1.807) is 0 Å². The zero-order chi connectivity index (χ0) is 44.8. The van der Waals surface area contributed by atoms with Crippen LogP contribution in [-0.4, -0.2) is 4.57 Å². The molecule has 1 aliphatic rings. The number of rotatable bonds is 7. The minimum absolute atomic E-state index is 0.482. The molecule has 2 heterocycles. The van der Waals surface area contributed by atoms with Crippen molar-refractivity contribution in [2.45, 2.75) is 5.41 Å². The van der Waals surface area contributed by atoms with E-state index in [2.05, 4.69) is 252 Å². The summed E-state index contributed by atoms with van der Waals surface area (Å²) in [5.74, 6) is 0. The van der Waals surface area contributed by atoms with Crippen molar-refractivity contribution in [2.24, 2.45) is 0 Å². The van der Waals surface area contributed by atoms with Gasteiger partial charge in [0.05, 0.1) is 22.1 Å². The molecule has 13 aromatic rings. The molecule has 0 radical (unpaired) electrons. The fraction of sp³-hybridized carbons (Fsp3) is 0.0154. The van der Waals surface area contributed by atoms with E-state index in [1.165, 1.54) is 54.9 Å². The van der Waals surface area contributed by atoms with Gasteiger partial charge in [-0.25, -0.2) is 0 Å². The van der Waals surface area contributed by atoms with Gasteiger partial charge in [-0.3, -0.25) is 0 Å². The van der Waals surface area contributed by atoms with Crippen LogP contribution in [0, 0.1) is 0 Å². The van der Waals surface area contributed by atoms with Gasteiger partial charge >= 0.3 is 0 Å². The lowest BCUT2D eigenvalue weighted by molar-refractivity contribution is 0.669. The van der Waals surface area contributed by atoms with E-state index >= 15 is 0 Å². The van der Waals surface area contributed by atoms with Crippen LogP contribution in [-0.2, 0) is 5.41 Å². The summed E-state index contributed by atoms with van der Waals surface area (Å²) in [7, 11) is 0. The van der Waals surface area contributed by atoms with Gasteiger partial charge in [0, 0.05) is 44.0 Å². The summed E-state index contributed by atoms with van der Waals surface area (Å²) in [6.45, 7) is 0. The van der Waals surface area contributed by atoms with Crippen LogP contribution in [0.3, 0.4) is 0 Å². The van der Waals surface area contributed by atoms with Crippen LogP contribution < -0.4 is 4.90 Å². The summed E-state index contributed by atoms with van der Waals surface area (Å²) < 4.78 is 8.69. The molecule has 3 nitrogen and oxygen atoms in total. The molecular weight excluding hydrogens is 825 g/mol. The molecule has 0 N–H and O–H groups in total. The third-order valence-electron chi connectivity index (χ3n) is 14.4. The molecule has 0 saturated heterocycles. The molecule has 0 saturated carbocycles. The van der Waals surface area contributed by atoms with Crippen LogP contribution in [0.2, 0.25) is 0 Å². The molecule has 0 atom stereocenters. The van der Waals surface area contributed by atoms with Crippen LogP contribution in [0.25, 0.3) is 82.5 Å². The standard InChI is InChI=1S/C65H42N2O/c1-5-19-45(20-6-1)65(46-21-7-2-8-22-46)57-31-17-15-27-50(57)54-41-49(35-36-58(54)65)66(47-23-9-3-10-24-47)60-42-61-64(53-30-14-13-28-51(53)60)56-40-43(33-37-59(56)67(61)48-25-11-4-12-26-48)44-34-38-63-55(39-44)52-29-16-18-32-62(52)68-63/h1-42H. The Bertz CT molecular complexity index is 4040. The summed E-state index contributed by atoms with van der Waals surface area (Å²) in [5, 5.41) is 7.07. The number of hydrogen-bond donors (Lipinski definition) is 0. The molecule has 0 spiro atoms. The Morgan fingerprint density at radius 3 is 1.68 bits per heavy atom. The predicted octanol–water partition coefficient (Wildman–Crippen LogP) is 17.3. The number of furan rings is 1. The number of benzene rings is 11. The van der Waals surface area contributed by atoms with E-state index in [9.17, 15) is 0 Å². The van der Waals surface area contributed by atoms with Gasteiger partial charge in [-0.1, -0.05) is 182 Å². The average molecular weight is 867 g/mol. The van der Waals surface area contributed by atoms with Crippen molar-refractivity contribution >= 4 is 71.6 Å². The molecule has 0 bridgehead atoms. The molecule has 318 valence electrons. The molecule has 1 aliphatic carbocycles. The molecule has 0 amide bonds. The monoisotopic (exact) mass is 866 g/mol. The number of nitrogens with zero attached hydrogens (tertiary/aromatic N) is 2. The summed E-state index contributed by atoms with van der Waals surface area (Å²) in [6.07, 6.45) is 0. The van der Waals surface area contributed by atoms with Crippen LogP contribution in [0.4, 0.5) is 17.1 Å². The first-order valence-electron chi connectivity index (χ1n) is 23.4. The SMILES string of the molecule is c1ccc(N(c2ccc3c(c2)-c2ccccc2C3(c2ccccc2)c2ccccc2)c2cc3c(c4ccccc24)c2cc(-c4ccc5oc6ccccc6c5c4)ccc2n3-c2ccccc2)cc1. The smallest absolute Gasteiger partial charge is 0.135 e. The Morgan fingerprint density at radius 1 is 0.353 bits per heavy atom. The van der Waals surface area contributed by atoms with Crippen LogP contribution >= 0.6 is 0 Å². The van der Waals surface area contributed by atoms with Crippen molar-refractivity contribution in [2.75, 3.05) is 4.90 Å². The third-order valence-corrected chi connectivity index (χ3v) is 14.4. The number of fused-ring (bicyclic) bond motifs is 11. The normalized spacial score (nSPS) is 12.8. The third kappa shape index (κ3) is 5.60. The van der Waals surface area contributed by atoms with Gasteiger partial charge in [-0.05, 0) is 123 Å². The van der Waals surface area contributed by atoms with Crippen molar-refractivity contribution < 1.29 is 4.42 Å². The summed E-state index contributed by atoms with van der Waals surface area (Å²) >= 11 is 0. The largest absolute Gasteiger partial charge is 0.456 e. The van der Waals surface area contributed by atoms with E-state index in [0.717, 1.165) is 66.8 Å². The molecule has 11 aromatic carbocycles. The highest BCUT2D eigenvalue weighted by atomic mass is 16.3. The summed E-state index contributed by atoms with van der Waals surface area (Å²) in [5.41, 5.74) is 18.0. The topological polar surface area (TPSA) is 21.3 Å². The molecule has 2 aromatic heterocycles. The second-order valence-electron chi connectivity index (χ2n) is 18.0. The van der Waals surface area contributed by atoms with Gasteiger partial charge in [0.2, 0.25) is 0 Å². The number of hydrogen-bond acceptors (Lipinski definition) is 2. The fourth-order valence-electron chi connectivity index (χ4n) is 11.6. The Hall–Kier alpha value is -8.92. The zero-order valence-corrected chi connectivity index (χ0v) is 37.1. The first kappa shape index (κ1) is 38.4. The summed E-state index contributed by atoms with van der Waals surface area (Å²) in [4.78, 5) is 2.47. The van der Waals surface area contributed by atoms with Gasteiger partial charge in [-0.2, -0.15) is 0 Å². The van der Waals surface area contributed by atoms with Gasteiger partial charge in [0.15, 0.2) is 0 Å². The van der Waals surface area contributed by atoms with Crippen molar-refractivity contribution in [1.29, 1.82) is 0 Å². The minimum Gasteiger partial charge on any atom is -0.456 e. The van der Waals surface area contributed by atoms with Gasteiger partial charge in [0.25, 0.3) is 0 Å². The molecule has 0 fully saturated rings. The van der Waals surface area contributed by atoms with Crippen molar-refractivity contribution in [3.05, 3.63) is 277 Å². The van der Waals surface area contributed by atoms with Gasteiger partial charge in [-0.15, -0.1) is 0 Å². The zero-order valence-electron chi connectivity index (χ0n) is 37.1. The highest BCUT2D eigenvalue weighted by Crippen LogP contribution is 2.57. The first-order valence-corrected chi connectivity index (χ1v) is 23.4. The Balaban J connectivity index is 1.03. The second-order valence-corrected chi connectivity index (χ2v) is 18.0. The maximum absolute atomic E-state index is 6.24. The summed E-state index contributed by atoms with van der Waals surface area (Å²) in [6, 6.07) is 93.2. The Morgan fingerprint density at radius 2 is 0.926 bits per heavy atom. The average Bonchev–Trinajstić information content (AvgIpc) is 4.05. The van der Waals surface area contributed by atoms with E-state index in [-0.39, 0.29) is 0 Å². The number of aromatic nitrogens is 1. The lowest BCUT2D eigenvalue weighted by Gasteiger charge is -2.34. The van der Waals surface area contributed by atoms with E-state index in [0.29, 0.717) is 0 Å². The maximum Gasteiger partial charge on any atom is 0.135 e. The van der Waals surface area contributed by atoms with Crippen LogP contribution in [0.15, 0.2) is 259 Å². The minimum atomic E-state index is -0.482. The Labute approximate surface area is 394 Å². The molecule has 3 heteroatoms. The Kier molecular flexibility index (Phi) is 8.50. The quantitative estimate of drug-likeness (QED) is 0.159. The fourth-order valence-corrected chi connectivity index (χ4v) is 11.6. The highest BCUT2D eigenvalue weighted by Gasteiger charge is 2.46. The van der Waals surface area contributed by atoms with Crippen molar-refractivity contribution in [3.63, 3.8) is 0 Å². The highest BCUT2D eigenvalue weighted by molar-refractivity contribution is 6.25. The van der Waals surface area contributed by atoms with E-state index in [1.807, 2.05) is 12.1 Å². The predicted molar refractivity (Wildman–Crippen MR) is 283 cm³/mol. The van der Waals surface area contributed by atoms with Gasteiger partial charge < -0.3 is 13.9 Å². The number of para-hydroxylation sites is 3. The van der Waals surface area contributed by atoms with Crippen LogP contribution in [0.5, 0.6) is 0 Å². The van der Waals surface area contributed by atoms with Crippen molar-refractivity contribution in [1.82, 2.24) is 4.57 Å². The molecule has 0 aliphatic heterocycles. The maximum atomic E-state index is 6.24. The second kappa shape index (κ2) is 15.1. The first-order chi connectivity index (χ1) is 33.7. The lowest BCUT2D eigenvalue weighted by atomic mass is 9.68. The van der Waals surface area contributed by atoms with E-state index in [4.69, 9.17) is 4.42 Å². The molecule has 0 unspecified atom stereocenters. The lowest BCUT2D eigenvalue weighted by Crippen LogP contribution is -2.28. The van der Waals surface area contributed by atoms with Crippen molar-refractivity contribution in [3.8, 4) is 27.9 Å². The van der Waals surface area contributed by atoms with Crippen LogP contribution in [0.1, 0.15) is 22.3 Å². The molecule has 14 rings (SSSR count). The molecule has 68 heavy (non-hydrogen) atoms. The molecular formula is C65H42N2O. The van der Waals surface area contributed by atoms with Gasteiger partial charge in [0.1, 0.15) is 11.2 Å². The van der Waals surface area contributed by atoms with E-state index < -0.39 is 5.41 Å². The number of anilines is 3.